The topological polar surface area (TPSA) is 61.8 Å². The molecule has 0 aromatic heterocycles. The highest BCUT2D eigenvalue weighted by Gasteiger charge is 2.59. The van der Waals surface area contributed by atoms with Crippen LogP contribution in [0.3, 0.4) is 0 Å². The Morgan fingerprint density at radius 3 is 2.54 bits per heavy atom. The minimum atomic E-state index is -0.676. The molecule has 26 heavy (non-hydrogen) atoms. The third kappa shape index (κ3) is 3.30. The predicted molar refractivity (Wildman–Crippen MR) is 94.0 cm³/mol. The molecular weight excluding hydrogens is 332 g/mol. The molecule has 1 aromatic carbocycles. The molecule has 3 aliphatic rings. The van der Waals surface area contributed by atoms with Gasteiger partial charge in [0.15, 0.2) is 5.79 Å². The van der Waals surface area contributed by atoms with Crippen LogP contribution in [0.4, 0.5) is 0 Å². The molecule has 5 heteroatoms. The van der Waals surface area contributed by atoms with Crippen LogP contribution in [0.25, 0.3) is 0 Å². The third-order valence-corrected chi connectivity index (χ3v) is 5.89. The Labute approximate surface area is 154 Å². The SMILES string of the molecule is CC1(C)COC2(C[C@@H]3CC(=O)C(C(=O)OCc4ccccc4)[C@@H]3C2)OC1. The summed E-state index contributed by atoms with van der Waals surface area (Å²) in [6.45, 7) is 5.71. The summed E-state index contributed by atoms with van der Waals surface area (Å²) < 4.78 is 17.6. The molecule has 2 aliphatic carbocycles. The van der Waals surface area contributed by atoms with Crippen LogP contribution in [0.15, 0.2) is 30.3 Å². The molecule has 2 saturated carbocycles. The smallest absolute Gasteiger partial charge is 0.317 e. The Morgan fingerprint density at radius 2 is 1.85 bits per heavy atom. The van der Waals surface area contributed by atoms with Gasteiger partial charge in [-0.25, -0.2) is 0 Å². The Kier molecular flexibility index (Phi) is 4.40. The van der Waals surface area contributed by atoms with Crippen LogP contribution in [0.2, 0.25) is 0 Å². The molecule has 1 spiro atoms. The van der Waals surface area contributed by atoms with Gasteiger partial charge in [0, 0.05) is 24.7 Å². The molecule has 4 rings (SSSR count). The van der Waals surface area contributed by atoms with Gasteiger partial charge < -0.3 is 14.2 Å². The fourth-order valence-corrected chi connectivity index (χ4v) is 4.50. The van der Waals surface area contributed by atoms with E-state index in [1.165, 1.54) is 0 Å². The van der Waals surface area contributed by atoms with E-state index in [1.54, 1.807) is 0 Å². The lowest BCUT2D eigenvalue weighted by Gasteiger charge is -2.42. The van der Waals surface area contributed by atoms with E-state index in [2.05, 4.69) is 13.8 Å². The van der Waals surface area contributed by atoms with Crippen molar-refractivity contribution in [3.63, 3.8) is 0 Å². The van der Waals surface area contributed by atoms with Crippen molar-refractivity contribution in [2.45, 2.75) is 45.5 Å². The van der Waals surface area contributed by atoms with E-state index in [1.807, 2.05) is 30.3 Å². The Balaban J connectivity index is 1.41. The van der Waals surface area contributed by atoms with Gasteiger partial charge >= 0.3 is 5.97 Å². The van der Waals surface area contributed by atoms with Crippen LogP contribution in [0.5, 0.6) is 0 Å². The van der Waals surface area contributed by atoms with Crippen molar-refractivity contribution in [2.75, 3.05) is 13.2 Å². The minimum Gasteiger partial charge on any atom is -0.460 e. The van der Waals surface area contributed by atoms with Gasteiger partial charge in [-0.15, -0.1) is 0 Å². The van der Waals surface area contributed by atoms with Crippen LogP contribution < -0.4 is 0 Å². The van der Waals surface area contributed by atoms with Gasteiger partial charge in [0.25, 0.3) is 0 Å². The summed E-state index contributed by atoms with van der Waals surface area (Å²) in [7, 11) is 0. The molecule has 140 valence electrons. The number of benzene rings is 1. The van der Waals surface area contributed by atoms with Gasteiger partial charge in [0.2, 0.25) is 0 Å². The monoisotopic (exact) mass is 358 g/mol. The first-order chi connectivity index (χ1) is 12.4. The van der Waals surface area contributed by atoms with Crippen molar-refractivity contribution in [1.29, 1.82) is 0 Å². The molecule has 3 atom stereocenters. The summed E-state index contributed by atoms with van der Waals surface area (Å²) in [5.74, 6) is -1.58. The third-order valence-electron chi connectivity index (χ3n) is 5.89. The molecule has 1 aromatic rings. The maximum Gasteiger partial charge on any atom is 0.317 e. The van der Waals surface area contributed by atoms with Gasteiger partial charge in [0.1, 0.15) is 18.3 Å². The van der Waals surface area contributed by atoms with Gasteiger partial charge in [-0.2, -0.15) is 0 Å². The lowest BCUT2D eigenvalue weighted by Crippen LogP contribution is -2.46. The Bertz CT molecular complexity index is 686. The van der Waals surface area contributed by atoms with Crippen LogP contribution >= 0.6 is 0 Å². The van der Waals surface area contributed by atoms with Gasteiger partial charge in [0.05, 0.1) is 13.2 Å². The van der Waals surface area contributed by atoms with E-state index in [9.17, 15) is 9.59 Å². The first-order valence-corrected chi connectivity index (χ1v) is 9.39. The normalized spacial score (nSPS) is 31.8. The average molecular weight is 358 g/mol. The molecule has 3 fully saturated rings. The van der Waals surface area contributed by atoms with E-state index in [0.29, 0.717) is 32.5 Å². The van der Waals surface area contributed by atoms with E-state index in [0.717, 1.165) is 5.56 Å². The largest absolute Gasteiger partial charge is 0.460 e. The number of fused-ring (bicyclic) bond motifs is 1. The molecule has 0 amide bonds. The summed E-state index contributed by atoms with van der Waals surface area (Å²) in [4.78, 5) is 25.1. The number of hydrogen-bond donors (Lipinski definition) is 0. The maximum absolute atomic E-state index is 12.6. The fourth-order valence-electron chi connectivity index (χ4n) is 4.50. The number of rotatable bonds is 3. The molecular formula is C21H26O5. The Hall–Kier alpha value is -1.72. The van der Waals surface area contributed by atoms with Gasteiger partial charge in [-0.3, -0.25) is 9.59 Å². The molecule has 1 aliphatic heterocycles. The maximum atomic E-state index is 12.6. The summed E-state index contributed by atoms with van der Waals surface area (Å²) in [6, 6.07) is 9.53. The number of carbonyl (C=O) groups is 2. The van der Waals surface area contributed by atoms with Crippen LogP contribution in [-0.4, -0.2) is 30.8 Å². The fraction of sp³-hybridized carbons (Fsp3) is 0.619. The predicted octanol–water partition coefficient (Wildman–Crippen LogP) is 3.11. The van der Waals surface area contributed by atoms with Gasteiger partial charge in [-0.05, 0) is 17.4 Å². The van der Waals surface area contributed by atoms with Crippen molar-refractivity contribution in [1.82, 2.24) is 0 Å². The van der Waals surface area contributed by atoms with Crippen LogP contribution in [-0.2, 0) is 30.4 Å². The molecule has 0 N–H and O–H groups in total. The zero-order valence-corrected chi connectivity index (χ0v) is 15.4. The second-order valence-corrected chi connectivity index (χ2v) is 8.73. The highest BCUT2D eigenvalue weighted by atomic mass is 16.7. The lowest BCUT2D eigenvalue weighted by molar-refractivity contribution is -0.297. The zero-order chi connectivity index (χ0) is 18.4. The van der Waals surface area contributed by atoms with Crippen molar-refractivity contribution in [3.05, 3.63) is 35.9 Å². The first kappa shape index (κ1) is 17.7. The number of ether oxygens (including phenoxy) is 3. The Morgan fingerprint density at radius 1 is 1.15 bits per heavy atom. The molecule has 1 heterocycles. The number of esters is 1. The van der Waals surface area contributed by atoms with Crippen LogP contribution in [0.1, 0.15) is 38.7 Å². The van der Waals surface area contributed by atoms with E-state index >= 15 is 0 Å². The molecule has 0 bridgehead atoms. The number of carbonyl (C=O) groups excluding carboxylic acids is 2. The van der Waals surface area contributed by atoms with Crippen LogP contribution in [0, 0.1) is 23.2 Å². The number of Topliss-reactive ketones (excluding diaryl/α,β-unsaturated/α-hetero) is 1. The molecule has 0 radical (unpaired) electrons. The van der Waals surface area contributed by atoms with Crippen molar-refractivity contribution in [3.8, 4) is 0 Å². The summed E-state index contributed by atoms with van der Waals surface area (Å²) >= 11 is 0. The average Bonchev–Trinajstić information content (AvgIpc) is 3.10. The van der Waals surface area contributed by atoms with Crippen molar-refractivity contribution in [2.24, 2.45) is 23.2 Å². The zero-order valence-electron chi connectivity index (χ0n) is 15.4. The van der Waals surface area contributed by atoms with E-state index in [-0.39, 0.29) is 29.6 Å². The molecule has 1 saturated heterocycles. The number of ketones is 1. The standard InChI is InChI=1S/C21H26O5/c1-20(2)12-25-21(26-13-20)9-15-8-17(22)18(16(15)10-21)19(23)24-11-14-6-4-3-5-7-14/h3-7,15-16,18H,8-13H2,1-2H3/t15-,16+,18?/m0/s1. The minimum absolute atomic E-state index is 0.00375. The summed E-state index contributed by atoms with van der Waals surface area (Å²) in [6.07, 6.45) is 1.72. The first-order valence-electron chi connectivity index (χ1n) is 9.39. The highest BCUT2D eigenvalue weighted by molar-refractivity contribution is 6.01. The van der Waals surface area contributed by atoms with E-state index in [4.69, 9.17) is 14.2 Å². The number of hydrogen-bond acceptors (Lipinski definition) is 5. The van der Waals surface area contributed by atoms with Crippen molar-refractivity contribution < 1.29 is 23.8 Å². The van der Waals surface area contributed by atoms with Gasteiger partial charge in [-0.1, -0.05) is 44.2 Å². The quantitative estimate of drug-likeness (QED) is 0.614. The second-order valence-electron chi connectivity index (χ2n) is 8.73. The summed E-state index contributed by atoms with van der Waals surface area (Å²) in [5, 5.41) is 0. The summed E-state index contributed by atoms with van der Waals surface area (Å²) in [5.41, 5.74) is 0.930. The second kappa shape index (κ2) is 6.46. The highest BCUT2D eigenvalue weighted by Crippen LogP contribution is 2.54. The lowest BCUT2D eigenvalue weighted by atomic mass is 9.91. The molecule has 5 nitrogen and oxygen atoms in total. The van der Waals surface area contributed by atoms with E-state index < -0.39 is 17.7 Å². The molecule has 1 unspecified atom stereocenters. The van der Waals surface area contributed by atoms with Crippen molar-refractivity contribution >= 4 is 11.8 Å².